The molecule has 1 unspecified atom stereocenters. The van der Waals surface area contributed by atoms with Crippen LogP contribution in [0, 0.1) is 5.41 Å². The topological polar surface area (TPSA) is 79.0 Å². The van der Waals surface area contributed by atoms with Gasteiger partial charge in [0, 0.05) is 24.7 Å². The van der Waals surface area contributed by atoms with Crippen LogP contribution in [0.25, 0.3) is 10.8 Å². The quantitative estimate of drug-likeness (QED) is 0.562. The van der Waals surface area contributed by atoms with E-state index in [1.807, 2.05) is 74.2 Å². The normalized spacial score (nSPS) is 18.2. The van der Waals surface area contributed by atoms with Crippen LogP contribution in [0.4, 0.5) is 5.69 Å². The summed E-state index contributed by atoms with van der Waals surface area (Å²) < 4.78 is 0. The van der Waals surface area contributed by atoms with Crippen LogP contribution in [0.3, 0.4) is 0 Å². The summed E-state index contributed by atoms with van der Waals surface area (Å²) in [6.45, 7) is 7.07. The Morgan fingerprint density at radius 3 is 2.56 bits per heavy atom. The molecule has 0 aromatic heterocycles. The zero-order valence-corrected chi connectivity index (χ0v) is 20.9. The molecule has 3 aromatic rings. The Hall–Kier alpha value is -3.71. The summed E-state index contributed by atoms with van der Waals surface area (Å²) in [4.78, 5) is 46.7. The minimum absolute atomic E-state index is 0.0759. The van der Waals surface area contributed by atoms with E-state index in [-0.39, 0.29) is 23.8 Å². The number of rotatable bonds is 4. The van der Waals surface area contributed by atoms with Crippen LogP contribution in [0.5, 0.6) is 0 Å². The van der Waals surface area contributed by atoms with Gasteiger partial charge >= 0.3 is 5.97 Å². The van der Waals surface area contributed by atoms with Gasteiger partial charge in [-0.25, -0.2) is 4.79 Å². The fraction of sp³-hybridized carbons (Fsp3) is 0.345. The fourth-order valence-corrected chi connectivity index (χ4v) is 4.91. The van der Waals surface area contributed by atoms with E-state index < -0.39 is 5.41 Å². The van der Waals surface area contributed by atoms with Crippen molar-refractivity contribution in [3.8, 4) is 0 Å². The molecule has 0 aliphatic carbocycles. The molecule has 5 rings (SSSR count). The van der Waals surface area contributed by atoms with Crippen molar-refractivity contribution in [2.75, 3.05) is 18.4 Å². The third-order valence-corrected chi connectivity index (χ3v) is 6.87. The zero-order valence-electron chi connectivity index (χ0n) is 20.9. The first kappa shape index (κ1) is 24.0. The Morgan fingerprint density at radius 1 is 1.00 bits per heavy atom. The van der Waals surface area contributed by atoms with Crippen LogP contribution in [-0.2, 0) is 16.2 Å². The van der Waals surface area contributed by atoms with E-state index >= 15 is 0 Å². The van der Waals surface area contributed by atoms with Gasteiger partial charge in [-0.15, -0.1) is 5.06 Å². The summed E-state index contributed by atoms with van der Waals surface area (Å²) in [6.07, 6.45) is 1.66. The van der Waals surface area contributed by atoms with Crippen molar-refractivity contribution in [2.45, 2.75) is 46.2 Å². The molecule has 2 heterocycles. The SMILES string of the molecule is CC(C)(C)C(=O)ON1CCCC(N2Cc3cccc(NC(=O)c4cccc5ccccc45)c3C2=O)C1. The van der Waals surface area contributed by atoms with Crippen molar-refractivity contribution >= 4 is 34.2 Å². The summed E-state index contributed by atoms with van der Waals surface area (Å²) in [5.41, 5.74) is 1.92. The molecule has 1 N–H and O–H groups in total. The zero-order chi connectivity index (χ0) is 25.4. The molecule has 2 amide bonds. The van der Waals surface area contributed by atoms with Crippen molar-refractivity contribution in [2.24, 2.45) is 5.41 Å². The van der Waals surface area contributed by atoms with E-state index in [1.54, 1.807) is 17.2 Å². The number of nitrogens with one attached hydrogen (secondary N) is 1. The maximum Gasteiger partial charge on any atom is 0.330 e. The van der Waals surface area contributed by atoms with Gasteiger partial charge in [0.25, 0.3) is 11.8 Å². The first-order chi connectivity index (χ1) is 17.2. The highest BCUT2D eigenvalue weighted by Gasteiger charge is 2.38. The highest BCUT2D eigenvalue weighted by molar-refractivity contribution is 6.15. The lowest BCUT2D eigenvalue weighted by atomic mass is 9.98. The number of fused-ring (bicyclic) bond motifs is 2. The van der Waals surface area contributed by atoms with Gasteiger partial charge in [0.15, 0.2) is 0 Å². The third kappa shape index (κ3) is 4.58. The first-order valence-corrected chi connectivity index (χ1v) is 12.4. The summed E-state index contributed by atoms with van der Waals surface area (Å²) in [5.74, 6) is -0.630. The second kappa shape index (κ2) is 9.39. The Balaban J connectivity index is 1.34. The lowest BCUT2D eigenvalue weighted by molar-refractivity contribution is -0.207. The van der Waals surface area contributed by atoms with Crippen molar-refractivity contribution in [3.05, 3.63) is 77.4 Å². The molecule has 0 spiro atoms. The molecule has 1 saturated heterocycles. The highest BCUT2D eigenvalue weighted by Crippen LogP contribution is 2.33. The minimum atomic E-state index is -0.593. The lowest BCUT2D eigenvalue weighted by Crippen LogP contribution is -2.49. The summed E-state index contributed by atoms with van der Waals surface area (Å²) in [7, 11) is 0. The number of amides is 2. The third-order valence-electron chi connectivity index (χ3n) is 6.87. The van der Waals surface area contributed by atoms with Crippen molar-refractivity contribution in [1.82, 2.24) is 9.96 Å². The van der Waals surface area contributed by atoms with Gasteiger partial charge < -0.3 is 15.1 Å². The second-order valence-corrected chi connectivity index (χ2v) is 10.6. The van der Waals surface area contributed by atoms with Gasteiger partial charge in [-0.2, -0.15) is 0 Å². The van der Waals surface area contributed by atoms with E-state index in [9.17, 15) is 14.4 Å². The van der Waals surface area contributed by atoms with Gasteiger partial charge in [0.05, 0.1) is 23.2 Å². The van der Waals surface area contributed by atoms with E-state index in [4.69, 9.17) is 4.84 Å². The van der Waals surface area contributed by atoms with Crippen LogP contribution >= 0.6 is 0 Å². The smallest absolute Gasteiger partial charge is 0.330 e. The van der Waals surface area contributed by atoms with Crippen LogP contribution < -0.4 is 5.32 Å². The van der Waals surface area contributed by atoms with Gasteiger partial charge in [0.1, 0.15) is 0 Å². The number of hydrogen-bond acceptors (Lipinski definition) is 5. The van der Waals surface area contributed by atoms with Crippen molar-refractivity contribution in [1.29, 1.82) is 0 Å². The molecule has 7 heteroatoms. The molecule has 0 bridgehead atoms. The Kier molecular flexibility index (Phi) is 6.26. The van der Waals surface area contributed by atoms with Gasteiger partial charge in [-0.1, -0.05) is 48.5 Å². The molecule has 1 fully saturated rings. The molecule has 2 aliphatic rings. The predicted molar refractivity (Wildman–Crippen MR) is 138 cm³/mol. The summed E-state index contributed by atoms with van der Waals surface area (Å²) in [6, 6.07) is 18.9. The van der Waals surface area contributed by atoms with Crippen molar-refractivity contribution < 1.29 is 19.2 Å². The first-order valence-electron chi connectivity index (χ1n) is 12.4. The second-order valence-electron chi connectivity index (χ2n) is 10.6. The van der Waals surface area contributed by atoms with Crippen molar-refractivity contribution in [3.63, 3.8) is 0 Å². The molecule has 0 saturated carbocycles. The standard InChI is InChI=1S/C29H31N3O4/c1-29(2,3)28(35)36-31-16-8-12-21(18-31)32-17-20-11-7-15-24(25(20)27(32)34)30-26(33)23-14-6-10-19-9-4-5-13-22(19)23/h4-7,9-11,13-15,21H,8,12,16-18H2,1-3H3,(H,30,33). The molecular formula is C29H31N3O4. The van der Waals surface area contributed by atoms with Gasteiger partial charge in [-0.3, -0.25) is 9.59 Å². The fourth-order valence-electron chi connectivity index (χ4n) is 4.91. The Labute approximate surface area is 211 Å². The van der Waals surface area contributed by atoms with E-state index in [2.05, 4.69) is 5.32 Å². The van der Waals surface area contributed by atoms with Crippen LogP contribution in [-0.4, -0.2) is 46.9 Å². The molecule has 3 aromatic carbocycles. The van der Waals surface area contributed by atoms with Crippen LogP contribution in [0.2, 0.25) is 0 Å². The minimum Gasteiger partial charge on any atom is -0.367 e. The number of piperidine rings is 1. The number of carbonyl (C=O) groups is 3. The molecule has 186 valence electrons. The van der Waals surface area contributed by atoms with E-state index in [0.717, 1.165) is 29.2 Å². The highest BCUT2D eigenvalue weighted by atomic mass is 16.7. The summed E-state index contributed by atoms with van der Waals surface area (Å²) in [5, 5.41) is 6.52. The van der Waals surface area contributed by atoms with E-state index in [0.29, 0.717) is 36.4 Å². The Bertz CT molecular complexity index is 1340. The maximum absolute atomic E-state index is 13.6. The average molecular weight is 486 g/mol. The molecular weight excluding hydrogens is 454 g/mol. The maximum atomic E-state index is 13.6. The largest absolute Gasteiger partial charge is 0.367 e. The lowest BCUT2D eigenvalue weighted by Gasteiger charge is -2.37. The molecule has 36 heavy (non-hydrogen) atoms. The number of carbonyl (C=O) groups excluding carboxylic acids is 3. The van der Waals surface area contributed by atoms with E-state index in [1.165, 1.54) is 0 Å². The molecule has 7 nitrogen and oxygen atoms in total. The molecule has 1 atom stereocenters. The van der Waals surface area contributed by atoms with Gasteiger partial charge in [0.2, 0.25) is 0 Å². The summed E-state index contributed by atoms with van der Waals surface area (Å²) >= 11 is 0. The van der Waals surface area contributed by atoms with Gasteiger partial charge in [-0.05, 0) is 62.1 Å². The van der Waals surface area contributed by atoms with Crippen LogP contribution in [0.15, 0.2) is 60.7 Å². The van der Waals surface area contributed by atoms with Crippen LogP contribution in [0.1, 0.15) is 59.9 Å². The number of nitrogens with zero attached hydrogens (tertiary/aromatic N) is 2. The number of hydrogen-bond donors (Lipinski definition) is 1. The predicted octanol–water partition coefficient (Wildman–Crippen LogP) is 5.02. The number of hydroxylamine groups is 2. The Morgan fingerprint density at radius 2 is 1.75 bits per heavy atom. The molecule has 0 radical (unpaired) electrons. The monoisotopic (exact) mass is 485 g/mol. The molecule has 2 aliphatic heterocycles. The average Bonchev–Trinajstić information content (AvgIpc) is 3.20. The number of anilines is 1. The number of benzene rings is 3.